The van der Waals surface area contributed by atoms with E-state index in [2.05, 4.69) is 24.3 Å². The summed E-state index contributed by atoms with van der Waals surface area (Å²) >= 11 is 0. The van der Waals surface area contributed by atoms with Gasteiger partial charge in [0.2, 0.25) is 0 Å². The summed E-state index contributed by atoms with van der Waals surface area (Å²) in [5, 5.41) is 7.37. The Hall–Kier alpha value is -1.88. The predicted molar refractivity (Wildman–Crippen MR) is 80.5 cm³/mol. The van der Waals surface area contributed by atoms with Crippen LogP contribution in [0.4, 0.5) is 4.39 Å². The van der Waals surface area contributed by atoms with Crippen molar-refractivity contribution >= 4 is 0 Å². The molecule has 0 bridgehead atoms. The fourth-order valence-corrected chi connectivity index (χ4v) is 2.02. The average molecular weight is 291 g/mol. The summed E-state index contributed by atoms with van der Waals surface area (Å²) in [6.45, 7) is 6.21. The molecule has 1 aromatic carbocycles. The molecule has 0 amide bonds. The van der Waals surface area contributed by atoms with Crippen LogP contribution in [0, 0.1) is 11.7 Å². The first-order valence-corrected chi connectivity index (χ1v) is 7.13. The summed E-state index contributed by atoms with van der Waals surface area (Å²) in [6.07, 6.45) is 3.62. The molecule has 114 valence electrons. The van der Waals surface area contributed by atoms with E-state index in [4.69, 9.17) is 4.74 Å². The molecule has 2 rings (SSSR count). The Balaban J connectivity index is 1.94. The normalized spacial score (nSPS) is 11.1. The molecular weight excluding hydrogens is 269 g/mol. The van der Waals surface area contributed by atoms with Crippen molar-refractivity contribution < 1.29 is 9.13 Å². The van der Waals surface area contributed by atoms with Crippen molar-refractivity contribution in [2.24, 2.45) is 13.0 Å². The zero-order valence-electron chi connectivity index (χ0n) is 12.8. The van der Waals surface area contributed by atoms with Crippen molar-refractivity contribution in [1.29, 1.82) is 0 Å². The fraction of sp³-hybridized carbons (Fsp3) is 0.438. The zero-order chi connectivity index (χ0) is 15.2. The van der Waals surface area contributed by atoms with E-state index in [0.29, 0.717) is 24.8 Å². The van der Waals surface area contributed by atoms with E-state index in [1.54, 1.807) is 10.9 Å². The Bertz CT molecular complexity index is 581. The summed E-state index contributed by atoms with van der Waals surface area (Å²) < 4.78 is 21.0. The van der Waals surface area contributed by atoms with Gasteiger partial charge in [-0.2, -0.15) is 5.10 Å². The number of aryl methyl sites for hydroxylation is 1. The first kappa shape index (κ1) is 15.5. The van der Waals surface area contributed by atoms with Crippen LogP contribution in [0.25, 0.3) is 0 Å². The third-order valence-electron chi connectivity index (χ3n) is 2.98. The van der Waals surface area contributed by atoms with Crippen LogP contribution in [0.5, 0.6) is 5.75 Å². The molecule has 0 aliphatic carbocycles. The summed E-state index contributed by atoms with van der Waals surface area (Å²) in [5.41, 5.74) is 1.85. The number of ether oxygens (including phenoxy) is 1. The number of hydrogen-bond acceptors (Lipinski definition) is 3. The molecule has 0 radical (unpaired) electrons. The highest BCUT2D eigenvalue weighted by Gasteiger charge is 2.04. The Labute approximate surface area is 124 Å². The van der Waals surface area contributed by atoms with Crippen LogP contribution in [-0.2, 0) is 20.2 Å². The summed E-state index contributed by atoms with van der Waals surface area (Å²) in [7, 11) is 1.85. The first-order valence-electron chi connectivity index (χ1n) is 7.13. The predicted octanol–water partition coefficient (Wildman–Crippen LogP) is 2.88. The van der Waals surface area contributed by atoms with Gasteiger partial charge in [0.1, 0.15) is 18.2 Å². The number of rotatable bonds is 7. The molecule has 1 aromatic heterocycles. The SMILES string of the molecule is CC(C)CNCc1cc(F)cc(OCc2cnn(C)c2)c1. The molecule has 2 aromatic rings. The van der Waals surface area contributed by atoms with Gasteiger partial charge in [-0.3, -0.25) is 4.68 Å². The van der Waals surface area contributed by atoms with Gasteiger partial charge >= 0.3 is 0 Å². The third-order valence-corrected chi connectivity index (χ3v) is 2.98. The second-order valence-corrected chi connectivity index (χ2v) is 5.63. The topological polar surface area (TPSA) is 39.1 Å². The quantitative estimate of drug-likeness (QED) is 0.852. The monoisotopic (exact) mass is 291 g/mol. The van der Waals surface area contributed by atoms with Gasteiger partial charge in [0.05, 0.1) is 6.20 Å². The molecule has 0 saturated carbocycles. The molecule has 21 heavy (non-hydrogen) atoms. The Morgan fingerprint density at radius 3 is 2.76 bits per heavy atom. The van der Waals surface area contributed by atoms with E-state index in [-0.39, 0.29) is 5.82 Å². The van der Waals surface area contributed by atoms with E-state index in [0.717, 1.165) is 17.7 Å². The van der Waals surface area contributed by atoms with Crippen LogP contribution < -0.4 is 10.1 Å². The van der Waals surface area contributed by atoms with Gasteiger partial charge in [0, 0.05) is 31.4 Å². The second kappa shape index (κ2) is 7.22. The van der Waals surface area contributed by atoms with Crippen molar-refractivity contribution in [3.63, 3.8) is 0 Å². The lowest BCUT2D eigenvalue weighted by atomic mass is 10.2. The number of nitrogens with one attached hydrogen (secondary N) is 1. The minimum atomic E-state index is -0.278. The van der Waals surface area contributed by atoms with E-state index < -0.39 is 0 Å². The van der Waals surface area contributed by atoms with Crippen LogP contribution >= 0.6 is 0 Å². The number of nitrogens with zero attached hydrogens (tertiary/aromatic N) is 2. The minimum Gasteiger partial charge on any atom is -0.489 e. The number of hydrogen-bond donors (Lipinski definition) is 1. The maximum atomic E-state index is 13.6. The Kier molecular flexibility index (Phi) is 5.33. The molecule has 0 fully saturated rings. The van der Waals surface area contributed by atoms with Crippen molar-refractivity contribution in [3.8, 4) is 5.75 Å². The molecule has 0 aliphatic heterocycles. The molecular formula is C16H22FN3O. The lowest BCUT2D eigenvalue weighted by molar-refractivity contribution is 0.304. The maximum absolute atomic E-state index is 13.6. The Morgan fingerprint density at radius 2 is 2.10 bits per heavy atom. The highest BCUT2D eigenvalue weighted by atomic mass is 19.1. The molecule has 1 heterocycles. The second-order valence-electron chi connectivity index (χ2n) is 5.63. The van der Waals surface area contributed by atoms with Crippen molar-refractivity contribution in [3.05, 3.63) is 47.5 Å². The van der Waals surface area contributed by atoms with Gasteiger partial charge < -0.3 is 10.1 Å². The molecule has 0 saturated heterocycles. The maximum Gasteiger partial charge on any atom is 0.127 e. The summed E-state index contributed by atoms with van der Waals surface area (Å²) in [5.74, 6) is 0.833. The van der Waals surface area contributed by atoms with Gasteiger partial charge in [-0.25, -0.2) is 4.39 Å². The highest BCUT2D eigenvalue weighted by Crippen LogP contribution is 2.18. The van der Waals surface area contributed by atoms with E-state index in [9.17, 15) is 4.39 Å². The average Bonchev–Trinajstić information content (AvgIpc) is 2.81. The van der Waals surface area contributed by atoms with E-state index in [1.165, 1.54) is 12.1 Å². The molecule has 5 heteroatoms. The number of aromatic nitrogens is 2. The van der Waals surface area contributed by atoms with Gasteiger partial charge in [0.25, 0.3) is 0 Å². The molecule has 0 spiro atoms. The Morgan fingerprint density at radius 1 is 1.29 bits per heavy atom. The van der Waals surface area contributed by atoms with Crippen molar-refractivity contribution in [2.75, 3.05) is 6.54 Å². The standard InChI is InChI=1S/C16H22FN3O/c1-12(2)7-18-8-13-4-15(17)6-16(5-13)21-11-14-9-19-20(3)10-14/h4-6,9-10,12,18H,7-8,11H2,1-3H3. The number of halogens is 1. The van der Waals surface area contributed by atoms with Crippen LogP contribution in [0.1, 0.15) is 25.0 Å². The molecule has 4 nitrogen and oxygen atoms in total. The third kappa shape index (κ3) is 5.19. The molecule has 0 atom stereocenters. The van der Waals surface area contributed by atoms with Crippen LogP contribution in [0.2, 0.25) is 0 Å². The molecule has 0 aliphatic rings. The van der Waals surface area contributed by atoms with Crippen LogP contribution in [-0.4, -0.2) is 16.3 Å². The van der Waals surface area contributed by atoms with Crippen LogP contribution in [0.3, 0.4) is 0 Å². The lowest BCUT2D eigenvalue weighted by Crippen LogP contribution is -2.19. The fourth-order valence-electron chi connectivity index (χ4n) is 2.02. The minimum absolute atomic E-state index is 0.278. The highest BCUT2D eigenvalue weighted by molar-refractivity contribution is 5.29. The molecule has 1 N–H and O–H groups in total. The van der Waals surface area contributed by atoms with Gasteiger partial charge in [-0.1, -0.05) is 13.8 Å². The van der Waals surface area contributed by atoms with Crippen molar-refractivity contribution in [2.45, 2.75) is 27.0 Å². The van der Waals surface area contributed by atoms with E-state index >= 15 is 0 Å². The van der Waals surface area contributed by atoms with Crippen LogP contribution in [0.15, 0.2) is 30.6 Å². The zero-order valence-corrected chi connectivity index (χ0v) is 12.8. The smallest absolute Gasteiger partial charge is 0.127 e. The van der Waals surface area contributed by atoms with E-state index in [1.807, 2.05) is 19.3 Å². The van der Waals surface area contributed by atoms with Gasteiger partial charge in [-0.15, -0.1) is 0 Å². The first-order chi connectivity index (χ1) is 10.0. The summed E-state index contributed by atoms with van der Waals surface area (Å²) in [4.78, 5) is 0. The molecule has 0 unspecified atom stereocenters. The van der Waals surface area contributed by atoms with Gasteiger partial charge in [0.15, 0.2) is 0 Å². The van der Waals surface area contributed by atoms with Gasteiger partial charge in [-0.05, 0) is 30.2 Å². The largest absolute Gasteiger partial charge is 0.489 e. The summed E-state index contributed by atoms with van der Waals surface area (Å²) in [6, 6.07) is 4.80. The number of benzene rings is 1. The van der Waals surface area contributed by atoms with Crippen molar-refractivity contribution in [1.82, 2.24) is 15.1 Å². The lowest BCUT2D eigenvalue weighted by Gasteiger charge is -2.10.